The van der Waals surface area contributed by atoms with Crippen LogP contribution in [-0.4, -0.2) is 41.2 Å². The van der Waals surface area contributed by atoms with Crippen molar-refractivity contribution in [2.75, 3.05) is 13.1 Å². The summed E-state index contributed by atoms with van der Waals surface area (Å²) in [6.07, 6.45) is 9.85. The molecule has 0 aromatic carbocycles. The van der Waals surface area contributed by atoms with Crippen molar-refractivity contribution in [3.8, 4) is 5.88 Å². The molecule has 1 N–H and O–H groups in total. The second-order valence-corrected chi connectivity index (χ2v) is 7.26. The zero-order chi connectivity index (χ0) is 16.1. The van der Waals surface area contributed by atoms with Gasteiger partial charge in [-0.1, -0.05) is 25.7 Å². The molecule has 5 nitrogen and oxygen atoms in total. The first-order valence-corrected chi connectivity index (χ1v) is 9.34. The number of pyridine rings is 1. The van der Waals surface area contributed by atoms with E-state index in [4.69, 9.17) is 4.74 Å². The molecule has 2 fully saturated rings. The van der Waals surface area contributed by atoms with Crippen LogP contribution < -0.4 is 10.1 Å². The standard InChI is InChI=1S/C17H24BrN3O2/c18-15-8-5-10-19-16(15)23-14-9-11-21(12-14)17(22)20-13-6-3-1-2-4-7-13/h5,8,10,13-14H,1-4,6-7,9,11-12H2,(H,20,22). The van der Waals surface area contributed by atoms with Crippen LogP contribution in [0.4, 0.5) is 4.79 Å². The molecule has 1 atom stereocenters. The summed E-state index contributed by atoms with van der Waals surface area (Å²) in [6, 6.07) is 4.17. The fourth-order valence-electron chi connectivity index (χ4n) is 3.31. The van der Waals surface area contributed by atoms with Crippen LogP contribution in [0, 0.1) is 0 Å². The molecule has 1 aromatic heterocycles. The summed E-state index contributed by atoms with van der Waals surface area (Å²) >= 11 is 3.44. The monoisotopic (exact) mass is 381 g/mol. The second-order valence-electron chi connectivity index (χ2n) is 6.40. The first-order chi connectivity index (χ1) is 11.2. The third kappa shape index (κ3) is 4.59. The van der Waals surface area contributed by atoms with E-state index in [0.717, 1.165) is 30.3 Å². The Morgan fingerprint density at radius 2 is 2.04 bits per heavy atom. The summed E-state index contributed by atoms with van der Waals surface area (Å²) in [6.45, 7) is 1.37. The van der Waals surface area contributed by atoms with Crippen molar-refractivity contribution in [3.05, 3.63) is 22.8 Å². The number of carbonyl (C=O) groups excluding carboxylic acids is 1. The molecule has 0 radical (unpaired) electrons. The van der Waals surface area contributed by atoms with Crippen LogP contribution in [0.3, 0.4) is 0 Å². The summed E-state index contributed by atoms with van der Waals surface area (Å²) < 4.78 is 6.77. The van der Waals surface area contributed by atoms with Gasteiger partial charge in [-0.3, -0.25) is 0 Å². The maximum atomic E-state index is 12.4. The number of carbonyl (C=O) groups is 1. The summed E-state index contributed by atoms with van der Waals surface area (Å²) in [5, 5.41) is 3.20. The molecule has 1 aliphatic heterocycles. The minimum atomic E-state index is 0.0149. The number of halogens is 1. The van der Waals surface area contributed by atoms with Crippen LogP contribution in [0.1, 0.15) is 44.9 Å². The molecular formula is C17H24BrN3O2. The maximum absolute atomic E-state index is 12.4. The van der Waals surface area contributed by atoms with E-state index in [9.17, 15) is 4.79 Å². The molecule has 1 aliphatic carbocycles. The number of rotatable bonds is 3. The normalized spacial score (nSPS) is 22.7. The van der Waals surface area contributed by atoms with Crippen molar-refractivity contribution >= 4 is 22.0 Å². The fraction of sp³-hybridized carbons (Fsp3) is 0.647. The molecule has 126 valence electrons. The number of hydrogen-bond donors (Lipinski definition) is 1. The maximum Gasteiger partial charge on any atom is 0.317 e. The summed E-state index contributed by atoms with van der Waals surface area (Å²) in [5.41, 5.74) is 0. The first kappa shape index (κ1) is 16.6. The van der Waals surface area contributed by atoms with Crippen LogP contribution >= 0.6 is 15.9 Å². The largest absolute Gasteiger partial charge is 0.472 e. The highest BCUT2D eigenvalue weighted by atomic mass is 79.9. The lowest BCUT2D eigenvalue weighted by atomic mass is 10.1. The van der Waals surface area contributed by atoms with Crippen LogP contribution in [-0.2, 0) is 0 Å². The number of ether oxygens (including phenoxy) is 1. The van der Waals surface area contributed by atoms with Gasteiger partial charge in [0.05, 0.1) is 11.0 Å². The molecule has 0 bridgehead atoms. The smallest absolute Gasteiger partial charge is 0.317 e. The van der Waals surface area contributed by atoms with E-state index in [0.29, 0.717) is 18.5 Å². The Bertz CT molecular complexity index is 532. The van der Waals surface area contributed by atoms with Crippen molar-refractivity contribution in [2.24, 2.45) is 0 Å². The SMILES string of the molecule is O=C(NC1CCCCCC1)N1CCC(Oc2ncccc2Br)C1. The third-order valence-corrected chi connectivity index (χ3v) is 5.22. The third-order valence-electron chi connectivity index (χ3n) is 4.62. The van der Waals surface area contributed by atoms with Gasteiger partial charge in [0.1, 0.15) is 6.10 Å². The predicted molar refractivity (Wildman–Crippen MR) is 92.6 cm³/mol. The van der Waals surface area contributed by atoms with Gasteiger partial charge in [-0.05, 0) is 40.9 Å². The molecule has 2 aliphatic rings. The zero-order valence-electron chi connectivity index (χ0n) is 13.3. The van der Waals surface area contributed by atoms with Crippen LogP contribution in [0.5, 0.6) is 5.88 Å². The van der Waals surface area contributed by atoms with Gasteiger partial charge in [0.25, 0.3) is 0 Å². The number of urea groups is 1. The minimum Gasteiger partial charge on any atom is -0.472 e. The highest BCUT2D eigenvalue weighted by Gasteiger charge is 2.29. The van der Waals surface area contributed by atoms with Gasteiger partial charge >= 0.3 is 6.03 Å². The number of likely N-dealkylation sites (tertiary alicyclic amines) is 1. The zero-order valence-corrected chi connectivity index (χ0v) is 14.9. The molecule has 2 amide bonds. The van der Waals surface area contributed by atoms with E-state index in [1.807, 2.05) is 17.0 Å². The molecule has 1 saturated heterocycles. The van der Waals surface area contributed by atoms with E-state index in [2.05, 4.69) is 26.2 Å². The molecule has 1 aromatic rings. The molecule has 6 heteroatoms. The van der Waals surface area contributed by atoms with Crippen molar-refractivity contribution in [2.45, 2.75) is 57.1 Å². The molecule has 1 unspecified atom stereocenters. The number of nitrogens with one attached hydrogen (secondary N) is 1. The molecule has 1 saturated carbocycles. The van der Waals surface area contributed by atoms with Crippen LogP contribution in [0.15, 0.2) is 22.8 Å². The highest BCUT2D eigenvalue weighted by Crippen LogP contribution is 2.24. The molecule has 23 heavy (non-hydrogen) atoms. The number of aromatic nitrogens is 1. The lowest BCUT2D eigenvalue weighted by Gasteiger charge is -2.22. The van der Waals surface area contributed by atoms with Crippen molar-refractivity contribution in [1.82, 2.24) is 15.2 Å². The minimum absolute atomic E-state index is 0.0149. The Morgan fingerprint density at radius 3 is 2.78 bits per heavy atom. The Balaban J connectivity index is 1.49. The van der Waals surface area contributed by atoms with Gasteiger partial charge in [-0.25, -0.2) is 9.78 Å². The first-order valence-electron chi connectivity index (χ1n) is 8.55. The lowest BCUT2D eigenvalue weighted by Crippen LogP contribution is -2.44. The van der Waals surface area contributed by atoms with Crippen LogP contribution in [0.2, 0.25) is 0 Å². The molecule has 3 rings (SSSR count). The van der Waals surface area contributed by atoms with E-state index < -0.39 is 0 Å². The van der Waals surface area contributed by atoms with Gasteiger partial charge < -0.3 is 15.0 Å². The number of amides is 2. The average molecular weight is 382 g/mol. The second kappa shape index (κ2) is 7.99. The Hall–Kier alpha value is -1.30. The van der Waals surface area contributed by atoms with E-state index in [1.54, 1.807) is 6.20 Å². The Morgan fingerprint density at radius 1 is 1.26 bits per heavy atom. The van der Waals surface area contributed by atoms with E-state index >= 15 is 0 Å². The lowest BCUT2D eigenvalue weighted by molar-refractivity contribution is 0.179. The van der Waals surface area contributed by atoms with Gasteiger partial charge in [-0.15, -0.1) is 0 Å². The van der Waals surface area contributed by atoms with Crippen molar-refractivity contribution < 1.29 is 9.53 Å². The molecule has 2 heterocycles. The van der Waals surface area contributed by atoms with Crippen molar-refractivity contribution in [3.63, 3.8) is 0 Å². The number of hydrogen-bond acceptors (Lipinski definition) is 3. The summed E-state index contributed by atoms with van der Waals surface area (Å²) in [4.78, 5) is 18.5. The highest BCUT2D eigenvalue weighted by molar-refractivity contribution is 9.10. The Kier molecular flexibility index (Phi) is 5.75. The predicted octanol–water partition coefficient (Wildman–Crippen LogP) is 3.73. The fourth-order valence-corrected chi connectivity index (χ4v) is 3.66. The average Bonchev–Trinajstić information content (AvgIpc) is 2.86. The van der Waals surface area contributed by atoms with E-state index in [-0.39, 0.29) is 12.1 Å². The van der Waals surface area contributed by atoms with Gasteiger partial charge in [0.15, 0.2) is 0 Å². The quantitative estimate of drug-likeness (QED) is 0.811. The Labute approximate surface area is 145 Å². The molecular weight excluding hydrogens is 358 g/mol. The van der Waals surface area contributed by atoms with Gasteiger partial charge in [0, 0.05) is 25.2 Å². The number of nitrogens with zero attached hydrogens (tertiary/aromatic N) is 2. The molecule has 0 spiro atoms. The van der Waals surface area contributed by atoms with Crippen LogP contribution in [0.25, 0.3) is 0 Å². The topological polar surface area (TPSA) is 54.5 Å². The van der Waals surface area contributed by atoms with E-state index in [1.165, 1.54) is 25.7 Å². The summed E-state index contributed by atoms with van der Waals surface area (Å²) in [7, 11) is 0. The summed E-state index contributed by atoms with van der Waals surface area (Å²) in [5.74, 6) is 0.600. The van der Waals surface area contributed by atoms with Gasteiger partial charge in [0.2, 0.25) is 5.88 Å². The van der Waals surface area contributed by atoms with Crippen molar-refractivity contribution in [1.29, 1.82) is 0 Å². The van der Waals surface area contributed by atoms with Gasteiger partial charge in [-0.2, -0.15) is 0 Å².